The van der Waals surface area contributed by atoms with E-state index >= 15 is 0 Å². The second-order valence-electron chi connectivity index (χ2n) is 27.9. The first-order chi connectivity index (χ1) is 52.8. The van der Waals surface area contributed by atoms with Gasteiger partial charge in [-0.05, 0) is 89.0 Å². The highest BCUT2D eigenvalue weighted by molar-refractivity contribution is 5.91. The van der Waals surface area contributed by atoms with Crippen LogP contribution in [0.15, 0.2) is 5.11 Å². The van der Waals surface area contributed by atoms with Crippen LogP contribution in [0, 0.1) is 0 Å². The lowest BCUT2D eigenvalue weighted by Gasteiger charge is -2.39. The van der Waals surface area contributed by atoms with Crippen LogP contribution in [-0.4, -0.2) is 350 Å². The fourth-order valence-corrected chi connectivity index (χ4v) is 12.4. The molecule has 4 fully saturated rings. The van der Waals surface area contributed by atoms with Gasteiger partial charge in [0.1, 0.15) is 116 Å². The second-order valence-corrected chi connectivity index (χ2v) is 27.9. The number of nitrogens with one attached hydrogen (secondary N) is 7. The van der Waals surface area contributed by atoms with E-state index in [1.54, 1.807) is 0 Å². The molecule has 4 aliphatic rings. The quantitative estimate of drug-likeness (QED) is 0.0117. The van der Waals surface area contributed by atoms with E-state index in [4.69, 9.17) is 43.4 Å². The van der Waals surface area contributed by atoms with E-state index in [9.17, 15) is 115 Å². The lowest BCUT2D eigenvalue weighted by Crippen LogP contribution is -2.59. The summed E-state index contributed by atoms with van der Waals surface area (Å²) in [6.45, 7) is -1.30. The molecule has 0 spiro atoms. The molecular weight excluding hydrogens is 1460 g/mol. The van der Waals surface area contributed by atoms with Gasteiger partial charge in [0, 0.05) is 89.7 Å². The molecule has 4 heterocycles. The summed E-state index contributed by atoms with van der Waals surface area (Å²) >= 11 is 0. The molecule has 0 aromatic heterocycles. The minimum absolute atomic E-state index is 0.00695. The summed E-state index contributed by atoms with van der Waals surface area (Å²) in [6, 6.07) is -3.90. The van der Waals surface area contributed by atoms with Crippen LogP contribution in [0.2, 0.25) is 0 Å². The van der Waals surface area contributed by atoms with Crippen molar-refractivity contribution in [2.24, 2.45) is 5.11 Å². The Morgan fingerprint density at radius 1 is 0.318 bits per heavy atom. The van der Waals surface area contributed by atoms with E-state index in [0.717, 1.165) is 0 Å². The standard InChI is InChI=1S/C69H124N10O31/c70-79-75-31-15-9-10-20-48(85)76-41(64(101)73-29-13-3-7-18-34-105-68-61(98)57(94)53(90)45(38-82)109-68)22-25-50(87)78-42(65(102)74-30-14-4-8-19-35-106-69-62(99)58(95)54(91)46(39-83)110-69)23-26-49(86)77-40(63(100)72-28-12-2-6-17-33-104-67-60(97)56(93)52(89)44(37-81)108-67)21-24-47(84)71-27-11-1-5-16-32-103-66-59(96)55(92)51(88)43(36-80)107-66/h40-46,51-62,66-69,80-83,88-99H,1-39H2,(H,71,84)(H,72,100)(H,73,101)(H,74,102)(H,76,85)(H,77,86)(H,78,87)/t40?,41?,42?,43-,44-,45-,46-,51-,52-,53-,54-,55?,56?,57?,58?,59?,60?,61?,62?,66+,67+,68+,69+/m1/s1. The Morgan fingerprint density at radius 3 is 0.855 bits per heavy atom. The van der Waals surface area contributed by atoms with Crippen molar-refractivity contribution in [2.75, 3.05) is 85.6 Å². The third kappa shape index (κ3) is 35.2. The summed E-state index contributed by atoms with van der Waals surface area (Å²) < 4.78 is 43.7. The van der Waals surface area contributed by atoms with Gasteiger partial charge in [-0.1, -0.05) is 62.9 Å². The molecule has 0 aromatic rings. The van der Waals surface area contributed by atoms with Crippen LogP contribution in [0.25, 0.3) is 10.4 Å². The van der Waals surface area contributed by atoms with Gasteiger partial charge < -0.3 is 157 Å². The molecule has 110 heavy (non-hydrogen) atoms. The number of azide groups is 1. The Labute approximate surface area is 638 Å². The van der Waals surface area contributed by atoms with Crippen LogP contribution in [-0.2, 0) is 71.5 Å². The molecule has 0 bridgehead atoms. The fourth-order valence-electron chi connectivity index (χ4n) is 12.4. The van der Waals surface area contributed by atoms with Crippen molar-refractivity contribution in [2.45, 2.75) is 308 Å². The Hall–Kier alpha value is -5.36. The molecule has 23 N–H and O–H groups in total. The molecule has 4 aliphatic heterocycles. The number of hydrogen-bond donors (Lipinski definition) is 23. The number of rotatable bonds is 57. The molecule has 23 atom stereocenters. The van der Waals surface area contributed by atoms with Crippen LogP contribution in [0.3, 0.4) is 0 Å². The van der Waals surface area contributed by atoms with E-state index in [0.29, 0.717) is 122 Å². The van der Waals surface area contributed by atoms with Crippen molar-refractivity contribution in [1.29, 1.82) is 0 Å². The van der Waals surface area contributed by atoms with E-state index in [2.05, 4.69) is 47.2 Å². The topological polar surface area (TPSA) is 650 Å². The van der Waals surface area contributed by atoms with Gasteiger partial charge in [-0.2, -0.15) is 0 Å². The van der Waals surface area contributed by atoms with Gasteiger partial charge in [0.25, 0.3) is 0 Å². The van der Waals surface area contributed by atoms with Gasteiger partial charge in [0.05, 0.1) is 26.4 Å². The number of nitrogens with zero attached hydrogens (tertiary/aromatic N) is 3. The number of aliphatic hydroxyl groups excluding tert-OH is 16. The molecule has 7 amide bonds. The number of aliphatic hydroxyl groups is 16. The number of hydrogen-bond acceptors (Lipinski definition) is 32. The highest BCUT2D eigenvalue weighted by atomic mass is 16.7. The van der Waals surface area contributed by atoms with Gasteiger partial charge in [0.15, 0.2) is 25.2 Å². The van der Waals surface area contributed by atoms with Crippen molar-refractivity contribution in [3.63, 3.8) is 0 Å². The number of amides is 7. The number of unbranched alkanes of at least 4 members (excludes halogenated alkanes) is 14. The largest absolute Gasteiger partial charge is 0.394 e. The molecule has 4 rings (SSSR count). The average Bonchev–Trinajstić information content (AvgIpc) is 0.837. The first kappa shape index (κ1) is 97.0. The van der Waals surface area contributed by atoms with Gasteiger partial charge >= 0.3 is 0 Å². The third-order valence-corrected chi connectivity index (χ3v) is 19.2. The SMILES string of the molecule is [N-]=[N+]=NCCCCCC(=O)NC(CCC(=O)NC(CCC(=O)NC(CCC(=O)NCCCCCCO[C@H]1O[C@H](CO)[C@@H](O)C(O)C1O)C(=O)NCCCCCCO[C@H]1O[C@H](CO)[C@@H](O)C(O)C1O)C(=O)NCCCCCCO[C@H]1O[C@H](CO)[C@@H](O)C(O)C1O)C(=O)NCCCCCCO[C@H]1O[C@H](CO)[C@@H](O)C(O)C1O. The zero-order chi connectivity index (χ0) is 80.9. The molecule has 636 valence electrons. The van der Waals surface area contributed by atoms with Gasteiger partial charge in [-0.3, -0.25) is 33.6 Å². The Balaban J connectivity index is 1.39. The molecule has 0 saturated carbocycles. The van der Waals surface area contributed by atoms with Crippen molar-refractivity contribution in [3.05, 3.63) is 10.4 Å². The smallest absolute Gasteiger partial charge is 0.242 e. The van der Waals surface area contributed by atoms with Crippen LogP contribution >= 0.6 is 0 Å². The summed E-state index contributed by atoms with van der Waals surface area (Å²) in [5.41, 5.74) is 8.63. The van der Waals surface area contributed by atoms with Gasteiger partial charge in [-0.15, -0.1) is 0 Å². The van der Waals surface area contributed by atoms with Crippen LogP contribution in [0.5, 0.6) is 0 Å². The lowest BCUT2D eigenvalue weighted by atomic mass is 9.99. The fraction of sp³-hybridized carbons (Fsp3) is 0.899. The maximum Gasteiger partial charge on any atom is 0.242 e. The van der Waals surface area contributed by atoms with Gasteiger partial charge in [-0.25, -0.2) is 0 Å². The van der Waals surface area contributed by atoms with E-state index in [1.807, 2.05) is 0 Å². The van der Waals surface area contributed by atoms with E-state index in [1.165, 1.54) is 0 Å². The zero-order valence-electron chi connectivity index (χ0n) is 62.5. The molecule has 41 heteroatoms. The normalized spacial score (nSPS) is 29.0. The van der Waals surface area contributed by atoms with E-state index in [-0.39, 0.29) is 91.3 Å². The molecule has 4 saturated heterocycles. The lowest BCUT2D eigenvalue weighted by molar-refractivity contribution is -0.301. The number of ether oxygens (including phenoxy) is 8. The predicted octanol–water partition coefficient (Wildman–Crippen LogP) is -6.38. The summed E-state index contributed by atoms with van der Waals surface area (Å²) in [5.74, 6) is -4.39. The van der Waals surface area contributed by atoms with Crippen molar-refractivity contribution >= 4 is 41.4 Å². The van der Waals surface area contributed by atoms with Gasteiger partial charge in [0.2, 0.25) is 41.4 Å². The van der Waals surface area contributed by atoms with Crippen LogP contribution < -0.4 is 37.2 Å². The Morgan fingerprint density at radius 2 is 0.573 bits per heavy atom. The molecule has 0 aliphatic carbocycles. The molecule has 0 aromatic carbocycles. The summed E-state index contributed by atoms with van der Waals surface area (Å²) in [7, 11) is 0. The molecule has 11 unspecified atom stereocenters. The maximum absolute atomic E-state index is 14.1. The molecule has 0 radical (unpaired) electrons. The minimum atomic E-state index is -1.62. The van der Waals surface area contributed by atoms with Crippen molar-refractivity contribution < 1.29 is 153 Å². The van der Waals surface area contributed by atoms with E-state index < -0.39 is 222 Å². The second kappa shape index (κ2) is 55.2. The molecule has 41 nitrogen and oxygen atoms in total. The third-order valence-electron chi connectivity index (χ3n) is 19.2. The van der Waals surface area contributed by atoms with Crippen molar-refractivity contribution in [1.82, 2.24) is 37.2 Å². The highest BCUT2D eigenvalue weighted by Gasteiger charge is 2.47. The van der Waals surface area contributed by atoms with Crippen molar-refractivity contribution in [3.8, 4) is 0 Å². The zero-order valence-corrected chi connectivity index (χ0v) is 62.5. The summed E-state index contributed by atoms with van der Waals surface area (Å²) in [6.07, 6.45) is -20.7. The summed E-state index contributed by atoms with van der Waals surface area (Å²) in [4.78, 5) is 98.9. The average molecular weight is 1590 g/mol. The minimum Gasteiger partial charge on any atom is -0.394 e. The Bertz CT molecular complexity index is 2660. The highest BCUT2D eigenvalue weighted by Crippen LogP contribution is 2.27. The monoisotopic (exact) mass is 1590 g/mol. The molecular formula is C69H124N10O31. The van der Waals surface area contributed by atoms with Crippen LogP contribution in [0.4, 0.5) is 0 Å². The first-order valence-electron chi connectivity index (χ1n) is 38.5. The Kier molecular flexibility index (Phi) is 48.7. The first-order valence-corrected chi connectivity index (χ1v) is 38.5. The summed E-state index contributed by atoms with van der Waals surface area (Å²) in [5, 5.41) is 182. The van der Waals surface area contributed by atoms with Crippen LogP contribution in [0.1, 0.15) is 167 Å². The number of carbonyl (C=O) groups excluding carboxylic acids is 7. The number of carbonyl (C=O) groups is 7. The predicted molar refractivity (Wildman–Crippen MR) is 381 cm³/mol. The maximum atomic E-state index is 14.1.